The number of hydrogen-bond donors (Lipinski definition) is 1. The molecule has 0 aliphatic heterocycles. The summed E-state index contributed by atoms with van der Waals surface area (Å²) in [7, 11) is -2.94. The van der Waals surface area contributed by atoms with E-state index in [1.807, 2.05) is 0 Å². The normalized spacial score (nSPS) is 14.7. The quantitative estimate of drug-likeness (QED) is 0.659. The molecule has 0 amide bonds. The minimum Gasteiger partial charge on any atom is -0.314 e. The Morgan fingerprint density at radius 1 is 1.06 bits per heavy atom. The first-order valence-electron chi connectivity index (χ1n) is 7.20. The van der Waals surface area contributed by atoms with Gasteiger partial charge in [0.25, 0.3) is 0 Å². The zero-order valence-corrected chi connectivity index (χ0v) is 13.6. The fourth-order valence-electron chi connectivity index (χ4n) is 1.97. The molecule has 0 aliphatic rings. The highest BCUT2D eigenvalue weighted by molar-refractivity contribution is 7.92. The maximum Gasteiger partial charge on any atom is 0.155 e. The Morgan fingerprint density at radius 2 is 1.67 bits per heavy atom. The van der Waals surface area contributed by atoms with Crippen LogP contribution in [0.5, 0.6) is 0 Å². The first-order valence-corrected chi connectivity index (χ1v) is 8.85. The molecule has 0 fully saturated rings. The van der Waals surface area contributed by atoms with Crippen LogP contribution in [-0.4, -0.2) is 31.5 Å². The first kappa shape index (κ1) is 17.9. The van der Waals surface area contributed by atoms with Crippen LogP contribution in [0.1, 0.15) is 66.7 Å². The molecule has 0 saturated carbocycles. The summed E-state index contributed by atoms with van der Waals surface area (Å²) < 4.78 is 23.3. The molecular formula is C14H31NO2S. The van der Waals surface area contributed by atoms with Crippen LogP contribution in [0, 0.1) is 0 Å². The van der Waals surface area contributed by atoms with Crippen LogP contribution < -0.4 is 5.32 Å². The van der Waals surface area contributed by atoms with E-state index in [2.05, 4.69) is 19.2 Å². The van der Waals surface area contributed by atoms with E-state index in [0.717, 1.165) is 25.8 Å². The van der Waals surface area contributed by atoms with E-state index in [-0.39, 0.29) is 0 Å². The van der Waals surface area contributed by atoms with Crippen LogP contribution in [0.3, 0.4) is 0 Å². The third-order valence-electron chi connectivity index (χ3n) is 3.28. The SMILES string of the molecule is CCCC(CCCCS(=O)(=O)C(C)(C)C)NCC. The zero-order chi connectivity index (χ0) is 14.2. The largest absolute Gasteiger partial charge is 0.314 e. The molecule has 0 saturated heterocycles. The molecule has 0 bridgehead atoms. The second-order valence-electron chi connectivity index (χ2n) is 5.97. The Balaban J connectivity index is 3.98. The topological polar surface area (TPSA) is 46.2 Å². The van der Waals surface area contributed by atoms with Gasteiger partial charge in [-0.3, -0.25) is 0 Å². The molecule has 0 aromatic rings. The second-order valence-corrected chi connectivity index (χ2v) is 8.83. The summed E-state index contributed by atoms with van der Waals surface area (Å²) in [6.07, 6.45) is 5.22. The average molecular weight is 277 g/mol. The highest BCUT2D eigenvalue weighted by atomic mass is 32.2. The molecular weight excluding hydrogens is 246 g/mol. The Bertz CT molecular complexity index is 298. The third-order valence-corrected chi connectivity index (χ3v) is 5.97. The van der Waals surface area contributed by atoms with Crippen molar-refractivity contribution in [2.24, 2.45) is 0 Å². The molecule has 18 heavy (non-hydrogen) atoms. The highest BCUT2D eigenvalue weighted by Crippen LogP contribution is 2.18. The predicted octanol–water partition coefficient (Wildman–Crippen LogP) is 3.15. The van der Waals surface area contributed by atoms with Gasteiger partial charge in [-0.1, -0.05) is 26.7 Å². The van der Waals surface area contributed by atoms with Gasteiger partial charge < -0.3 is 5.32 Å². The summed E-state index contributed by atoms with van der Waals surface area (Å²) in [6.45, 7) is 10.6. The molecule has 0 radical (unpaired) electrons. The number of rotatable bonds is 9. The van der Waals surface area contributed by atoms with Gasteiger partial charge in [-0.05, 0) is 46.6 Å². The van der Waals surface area contributed by atoms with Crippen LogP contribution in [0.15, 0.2) is 0 Å². The summed E-state index contributed by atoms with van der Waals surface area (Å²) in [5.74, 6) is 0.321. The lowest BCUT2D eigenvalue weighted by molar-refractivity contribution is 0.444. The van der Waals surface area contributed by atoms with Crippen molar-refractivity contribution >= 4 is 9.84 Å². The molecule has 3 nitrogen and oxygen atoms in total. The van der Waals surface area contributed by atoms with Gasteiger partial charge in [0, 0.05) is 6.04 Å². The van der Waals surface area contributed by atoms with Gasteiger partial charge in [-0.25, -0.2) is 8.42 Å². The van der Waals surface area contributed by atoms with Crippen molar-refractivity contribution in [3.8, 4) is 0 Å². The third kappa shape index (κ3) is 6.74. The summed E-state index contributed by atoms with van der Waals surface area (Å²) in [5, 5.41) is 3.46. The minimum atomic E-state index is -2.94. The van der Waals surface area contributed by atoms with Gasteiger partial charge in [0.15, 0.2) is 9.84 Å². The fourth-order valence-corrected chi connectivity index (χ4v) is 3.17. The summed E-state index contributed by atoms with van der Waals surface area (Å²) in [6, 6.07) is 0.553. The maximum absolute atomic E-state index is 11.9. The number of hydrogen-bond acceptors (Lipinski definition) is 3. The van der Waals surface area contributed by atoms with Crippen LogP contribution in [0.25, 0.3) is 0 Å². The number of unbranched alkanes of at least 4 members (excludes halogenated alkanes) is 1. The lowest BCUT2D eigenvalue weighted by Gasteiger charge is -2.20. The molecule has 0 aliphatic carbocycles. The molecule has 4 heteroatoms. The molecule has 110 valence electrons. The number of nitrogens with one attached hydrogen (secondary N) is 1. The van der Waals surface area contributed by atoms with Crippen LogP contribution in [0.2, 0.25) is 0 Å². The molecule has 1 unspecified atom stereocenters. The summed E-state index contributed by atoms with van der Waals surface area (Å²) in [4.78, 5) is 0. The van der Waals surface area contributed by atoms with Gasteiger partial charge >= 0.3 is 0 Å². The lowest BCUT2D eigenvalue weighted by Crippen LogP contribution is -2.31. The van der Waals surface area contributed by atoms with Crippen molar-refractivity contribution < 1.29 is 8.42 Å². The Morgan fingerprint density at radius 3 is 2.11 bits per heavy atom. The van der Waals surface area contributed by atoms with Gasteiger partial charge in [-0.2, -0.15) is 0 Å². The summed E-state index contributed by atoms with van der Waals surface area (Å²) in [5.41, 5.74) is 0. The van der Waals surface area contributed by atoms with E-state index in [1.54, 1.807) is 20.8 Å². The summed E-state index contributed by atoms with van der Waals surface area (Å²) >= 11 is 0. The molecule has 0 aromatic heterocycles. The van der Waals surface area contributed by atoms with Crippen LogP contribution >= 0.6 is 0 Å². The zero-order valence-electron chi connectivity index (χ0n) is 12.8. The minimum absolute atomic E-state index is 0.321. The van der Waals surface area contributed by atoms with Crippen LogP contribution in [0.4, 0.5) is 0 Å². The number of sulfone groups is 1. The second kappa shape index (κ2) is 8.16. The lowest BCUT2D eigenvalue weighted by atomic mass is 10.1. The maximum atomic E-state index is 11.9. The van der Waals surface area contributed by atoms with Crippen molar-refractivity contribution in [2.75, 3.05) is 12.3 Å². The van der Waals surface area contributed by atoms with Gasteiger partial charge in [0.1, 0.15) is 0 Å². The van der Waals surface area contributed by atoms with Crippen molar-refractivity contribution in [1.29, 1.82) is 0 Å². The van der Waals surface area contributed by atoms with E-state index >= 15 is 0 Å². The van der Waals surface area contributed by atoms with Crippen molar-refractivity contribution in [1.82, 2.24) is 5.32 Å². The average Bonchev–Trinajstić information content (AvgIpc) is 2.23. The highest BCUT2D eigenvalue weighted by Gasteiger charge is 2.27. The predicted molar refractivity (Wildman–Crippen MR) is 79.8 cm³/mol. The first-order chi connectivity index (χ1) is 8.24. The van der Waals surface area contributed by atoms with Gasteiger partial charge in [0.05, 0.1) is 10.5 Å². The van der Waals surface area contributed by atoms with Crippen LogP contribution in [-0.2, 0) is 9.84 Å². The van der Waals surface area contributed by atoms with Crippen molar-refractivity contribution in [2.45, 2.75) is 77.5 Å². The smallest absolute Gasteiger partial charge is 0.155 e. The van der Waals surface area contributed by atoms with E-state index in [4.69, 9.17) is 0 Å². The Hall–Kier alpha value is -0.0900. The molecule has 0 rings (SSSR count). The fraction of sp³-hybridized carbons (Fsp3) is 1.00. The van der Waals surface area contributed by atoms with E-state index < -0.39 is 14.6 Å². The molecule has 0 aromatic carbocycles. The van der Waals surface area contributed by atoms with E-state index in [1.165, 1.54) is 12.8 Å². The van der Waals surface area contributed by atoms with E-state index in [0.29, 0.717) is 11.8 Å². The molecule has 0 heterocycles. The van der Waals surface area contributed by atoms with Crippen molar-refractivity contribution in [3.05, 3.63) is 0 Å². The van der Waals surface area contributed by atoms with Crippen molar-refractivity contribution in [3.63, 3.8) is 0 Å². The Kier molecular flexibility index (Phi) is 8.11. The standard InChI is InChI=1S/C14H31NO2S/c1-6-10-13(15-7-2)11-8-9-12-18(16,17)14(3,4)5/h13,15H,6-12H2,1-5H3. The Labute approximate surface area is 114 Å². The van der Waals surface area contributed by atoms with E-state index in [9.17, 15) is 8.42 Å². The van der Waals surface area contributed by atoms with Gasteiger partial charge in [-0.15, -0.1) is 0 Å². The monoisotopic (exact) mass is 277 g/mol. The molecule has 0 spiro atoms. The molecule has 1 N–H and O–H groups in total. The molecule has 1 atom stereocenters. The van der Waals surface area contributed by atoms with Gasteiger partial charge in [0.2, 0.25) is 0 Å².